The molecule has 4 rings (SSSR count). The summed E-state index contributed by atoms with van der Waals surface area (Å²) in [7, 11) is 0. The zero-order valence-electron chi connectivity index (χ0n) is 18.1. The summed E-state index contributed by atoms with van der Waals surface area (Å²) in [5.74, 6) is 0.0206. The minimum Gasteiger partial charge on any atom is -0.484 e. The maximum atomic E-state index is 12.6. The van der Waals surface area contributed by atoms with Crippen LogP contribution < -0.4 is 15.5 Å². The van der Waals surface area contributed by atoms with Crippen molar-refractivity contribution in [3.8, 4) is 5.75 Å². The van der Waals surface area contributed by atoms with E-state index in [1.165, 1.54) is 6.21 Å². The van der Waals surface area contributed by atoms with Crippen LogP contribution in [0.25, 0.3) is 5.65 Å². The number of benzene rings is 1. The highest BCUT2D eigenvalue weighted by Gasteiger charge is 2.17. The van der Waals surface area contributed by atoms with Crippen LogP contribution in [0.3, 0.4) is 0 Å². The monoisotopic (exact) mass is 513 g/mol. The average Bonchev–Trinajstić information content (AvgIpc) is 3.44. The van der Waals surface area contributed by atoms with Crippen LogP contribution in [0.2, 0.25) is 0 Å². The number of hydrogen-bond donors (Lipinski definition) is 2. The van der Waals surface area contributed by atoms with E-state index >= 15 is 0 Å². The van der Waals surface area contributed by atoms with Crippen molar-refractivity contribution in [2.45, 2.75) is 25.9 Å². The summed E-state index contributed by atoms with van der Waals surface area (Å²) in [4.78, 5) is 28.9. The summed E-state index contributed by atoms with van der Waals surface area (Å²) < 4.78 is 13.5. The predicted octanol–water partition coefficient (Wildman–Crippen LogP) is 2.84. The Morgan fingerprint density at radius 1 is 1.30 bits per heavy atom. The molecule has 0 saturated carbocycles. The minimum atomic E-state index is -0.358. The number of imidazole rings is 1. The number of hydrogen-bond acceptors (Lipinski definition) is 6. The number of aromatic nitrogens is 2. The summed E-state index contributed by atoms with van der Waals surface area (Å²) >= 11 is 3.41. The number of aryl methyl sites for hydroxylation is 1. The van der Waals surface area contributed by atoms with E-state index < -0.39 is 0 Å². The Balaban J connectivity index is 1.27. The molecule has 0 spiro atoms. The molecule has 0 aliphatic carbocycles. The van der Waals surface area contributed by atoms with E-state index in [2.05, 4.69) is 36.8 Å². The van der Waals surface area contributed by atoms with Gasteiger partial charge >= 0.3 is 0 Å². The molecule has 3 aromatic rings. The molecule has 2 aromatic heterocycles. The quantitative estimate of drug-likeness (QED) is 0.355. The number of ether oxygens (including phenoxy) is 2. The summed E-state index contributed by atoms with van der Waals surface area (Å²) in [6.07, 6.45) is 5.43. The highest BCUT2D eigenvalue weighted by Crippen LogP contribution is 2.17. The largest absolute Gasteiger partial charge is 0.484 e. The molecule has 3 heterocycles. The highest BCUT2D eigenvalue weighted by molar-refractivity contribution is 9.10. The van der Waals surface area contributed by atoms with Crippen LogP contribution in [0.4, 0.5) is 0 Å². The molecule has 33 heavy (non-hydrogen) atoms. The number of nitrogens with zero attached hydrogens (tertiary/aromatic N) is 3. The molecule has 2 amide bonds. The molecule has 1 aliphatic rings. The lowest BCUT2D eigenvalue weighted by molar-refractivity contribution is -0.123. The Morgan fingerprint density at radius 3 is 2.88 bits per heavy atom. The molecule has 9 nitrogen and oxygen atoms in total. The van der Waals surface area contributed by atoms with Gasteiger partial charge in [0.05, 0.1) is 18.0 Å². The maximum Gasteiger partial charge on any atom is 0.290 e. The topological polar surface area (TPSA) is 106 Å². The number of hydrazone groups is 1. The SMILES string of the molecule is Cc1nc2ccc(Br)cn2c1C(=O)N/N=C\c1ccc(OCC(=O)NC[C@@H]2CCCO2)cc1. The first-order valence-electron chi connectivity index (χ1n) is 10.6. The van der Waals surface area contributed by atoms with Crippen LogP contribution in [0, 0.1) is 6.92 Å². The fraction of sp³-hybridized carbons (Fsp3) is 0.304. The molecule has 1 fully saturated rings. The fourth-order valence-corrected chi connectivity index (χ4v) is 3.85. The van der Waals surface area contributed by atoms with Crippen LogP contribution >= 0.6 is 15.9 Å². The number of nitrogens with one attached hydrogen (secondary N) is 2. The number of carbonyl (C=O) groups is 2. The molecular weight excluding hydrogens is 490 g/mol. The van der Waals surface area contributed by atoms with Gasteiger partial charge in [0.1, 0.15) is 17.1 Å². The highest BCUT2D eigenvalue weighted by atomic mass is 79.9. The van der Waals surface area contributed by atoms with Gasteiger partial charge < -0.3 is 14.8 Å². The van der Waals surface area contributed by atoms with E-state index in [1.807, 2.05) is 12.1 Å². The molecule has 10 heteroatoms. The molecule has 1 atom stereocenters. The van der Waals surface area contributed by atoms with Gasteiger partial charge in [0.15, 0.2) is 6.61 Å². The summed E-state index contributed by atoms with van der Waals surface area (Å²) in [5, 5.41) is 6.85. The van der Waals surface area contributed by atoms with Crippen molar-refractivity contribution in [3.05, 3.63) is 64.0 Å². The van der Waals surface area contributed by atoms with E-state index in [1.54, 1.807) is 41.8 Å². The fourth-order valence-electron chi connectivity index (χ4n) is 3.51. The zero-order valence-corrected chi connectivity index (χ0v) is 19.7. The van der Waals surface area contributed by atoms with Gasteiger partial charge in [-0.2, -0.15) is 5.10 Å². The third kappa shape index (κ3) is 5.96. The smallest absolute Gasteiger partial charge is 0.290 e. The van der Waals surface area contributed by atoms with Crippen molar-refractivity contribution >= 4 is 39.6 Å². The lowest BCUT2D eigenvalue weighted by Gasteiger charge is -2.11. The lowest BCUT2D eigenvalue weighted by atomic mass is 10.2. The molecule has 0 unspecified atom stereocenters. The van der Waals surface area contributed by atoms with E-state index in [9.17, 15) is 9.59 Å². The number of fused-ring (bicyclic) bond motifs is 1. The average molecular weight is 514 g/mol. The Hall–Kier alpha value is -3.24. The van der Waals surface area contributed by atoms with Gasteiger partial charge in [0.2, 0.25) is 0 Å². The third-order valence-electron chi connectivity index (χ3n) is 5.15. The van der Waals surface area contributed by atoms with Crippen LogP contribution in [0.1, 0.15) is 34.6 Å². The molecule has 1 saturated heterocycles. The molecule has 0 radical (unpaired) electrons. The maximum absolute atomic E-state index is 12.6. The summed E-state index contributed by atoms with van der Waals surface area (Å²) in [5.41, 5.74) is 5.02. The second-order valence-corrected chi connectivity index (χ2v) is 8.53. The summed E-state index contributed by atoms with van der Waals surface area (Å²) in [6.45, 7) is 2.98. The van der Waals surface area contributed by atoms with Crippen molar-refractivity contribution in [3.63, 3.8) is 0 Å². The standard InChI is InChI=1S/C23H24BrN5O4/c1-15-22(29-13-17(24)6-9-20(29)27-15)23(31)28-26-11-16-4-7-18(8-5-16)33-14-21(30)25-12-19-3-2-10-32-19/h4-9,11,13,19H,2-3,10,12,14H2,1H3,(H,25,30)(H,28,31)/b26-11-/t19-/m0/s1. The Bertz CT molecular complexity index is 1170. The molecule has 0 bridgehead atoms. The van der Waals surface area contributed by atoms with Gasteiger partial charge in [-0.3, -0.25) is 14.0 Å². The number of carbonyl (C=O) groups excluding carboxylic acids is 2. The van der Waals surface area contributed by atoms with Gasteiger partial charge in [-0.05, 0) is 77.7 Å². The Kier molecular flexibility index (Phi) is 7.36. The van der Waals surface area contributed by atoms with Gasteiger partial charge in [-0.15, -0.1) is 0 Å². The van der Waals surface area contributed by atoms with Crippen molar-refractivity contribution in [1.82, 2.24) is 20.1 Å². The second kappa shape index (κ2) is 10.6. The van der Waals surface area contributed by atoms with E-state index in [0.29, 0.717) is 29.3 Å². The van der Waals surface area contributed by atoms with Crippen LogP contribution in [-0.2, 0) is 9.53 Å². The van der Waals surface area contributed by atoms with Gasteiger partial charge in [0, 0.05) is 23.8 Å². The summed E-state index contributed by atoms with van der Waals surface area (Å²) in [6, 6.07) is 10.7. The number of pyridine rings is 1. The van der Waals surface area contributed by atoms with Gasteiger partial charge in [0.25, 0.3) is 11.8 Å². The number of halogens is 1. The van der Waals surface area contributed by atoms with Gasteiger partial charge in [-0.1, -0.05) is 0 Å². The van der Waals surface area contributed by atoms with E-state index in [0.717, 1.165) is 29.5 Å². The number of rotatable bonds is 8. The first-order valence-corrected chi connectivity index (χ1v) is 11.4. The molecule has 1 aliphatic heterocycles. The Labute approximate surface area is 199 Å². The number of amides is 2. The molecular formula is C23H24BrN5O4. The lowest BCUT2D eigenvalue weighted by Crippen LogP contribution is -2.35. The first kappa shape index (κ1) is 22.9. The van der Waals surface area contributed by atoms with Crippen molar-refractivity contribution < 1.29 is 19.1 Å². The van der Waals surface area contributed by atoms with Gasteiger partial charge in [-0.25, -0.2) is 10.4 Å². The normalized spacial score (nSPS) is 15.8. The third-order valence-corrected chi connectivity index (χ3v) is 5.62. The van der Waals surface area contributed by atoms with Crippen LogP contribution in [0.15, 0.2) is 52.2 Å². The zero-order chi connectivity index (χ0) is 23.2. The van der Waals surface area contributed by atoms with E-state index in [4.69, 9.17) is 9.47 Å². The second-order valence-electron chi connectivity index (χ2n) is 7.62. The van der Waals surface area contributed by atoms with Crippen LogP contribution in [-0.4, -0.2) is 53.3 Å². The van der Waals surface area contributed by atoms with Crippen molar-refractivity contribution in [2.75, 3.05) is 19.8 Å². The first-order chi connectivity index (χ1) is 16.0. The molecule has 1 aromatic carbocycles. The van der Waals surface area contributed by atoms with Crippen molar-refractivity contribution in [2.24, 2.45) is 5.10 Å². The minimum absolute atomic E-state index is 0.0645. The Morgan fingerprint density at radius 2 is 2.12 bits per heavy atom. The molecule has 2 N–H and O–H groups in total. The van der Waals surface area contributed by atoms with E-state index in [-0.39, 0.29) is 24.5 Å². The molecule has 172 valence electrons. The predicted molar refractivity (Wildman–Crippen MR) is 127 cm³/mol. The van der Waals surface area contributed by atoms with Crippen molar-refractivity contribution in [1.29, 1.82) is 0 Å². The van der Waals surface area contributed by atoms with Crippen LogP contribution in [0.5, 0.6) is 5.75 Å².